The van der Waals surface area contributed by atoms with E-state index in [9.17, 15) is 4.79 Å². The fourth-order valence-electron chi connectivity index (χ4n) is 2.00. The molecule has 23 heavy (non-hydrogen) atoms. The average Bonchev–Trinajstić information content (AvgIpc) is 3.09. The quantitative estimate of drug-likeness (QED) is 0.779. The number of hydrogen-bond acceptors (Lipinski definition) is 3. The number of benzene rings is 2. The molecule has 1 amide bonds. The van der Waals surface area contributed by atoms with Crippen molar-refractivity contribution in [2.24, 2.45) is 0 Å². The molecule has 0 aliphatic rings. The third-order valence-electron chi connectivity index (χ3n) is 3.10. The number of rotatable bonds is 5. The van der Waals surface area contributed by atoms with E-state index in [1.54, 1.807) is 35.1 Å². The summed E-state index contributed by atoms with van der Waals surface area (Å²) < 4.78 is 7.14. The molecular formula is C17H14ClN3O2. The van der Waals surface area contributed by atoms with Crippen LogP contribution in [-0.4, -0.2) is 22.3 Å². The second-order valence-corrected chi connectivity index (χ2v) is 5.22. The second-order valence-electron chi connectivity index (χ2n) is 4.79. The summed E-state index contributed by atoms with van der Waals surface area (Å²) in [6.07, 6.45) is 3.57. The van der Waals surface area contributed by atoms with Crippen LogP contribution in [-0.2, 0) is 4.79 Å². The zero-order chi connectivity index (χ0) is 16.1. The molecule has 2 aromatic carbocycles. The number of ether oxygens (including phenoxy) is 1. The molecule has 0 atom stereocenters. The van der Waals surface area contributed by atoms with Crippen LogP contribution in [0.3, 0.4) is 0 Å². The van der Waals surface area contributed by atoms with Gasteiger partial charge in [-0.15, -0.1) is 0 Å². The minimum Gasteiger partial charge on any atom is -0.484 e. The summed E-state index contributed by atoms with van der Waals surface area (Å²) in [4.78, 5) is 11.9. The number of amides is 1. The van der Waals surface area contributed by atoms with Gasteiger partial charge in [0.1, 0.15) is 5.75 Å². The first-order valence-corrected chi connectivity index (χ1v) is 7.37. The van der Waals surface area contributed by atoms with E-state index in [2.05, 4.69) is 10.4 Å². The topological polar surface area (TPSA) is 56.1 Å². The number of anilines is 1. The Balaban J connectivity index is 1.54. The molecule has 0 saturated heterocycles. The number of nitrogens with zero attached hydrogens (tertiary/aromatic N) is 2. The highest BCUT2D eigenvalue weighted by atomic mass is 35.5. The van der Waals surface area contributed by atoms with Crippen molar-refractivity contribution in [1.29, 1.82) is 0 Å². The van der Waals surface area contributed by atoms with E-state index >= 15 is 0 Å². The van der Waals surface area contributed by atoms with E-state index < -0.39 is 0 Å². The van der Waals surface area contributed by atoms with Crippen LogP contribution in [0.15, 0.2) is 67.0 Å². The second kappa shape index (κ2) is 6.98. The maximum absolute atomic E-state index is 11.9. The van der Waals surface area contributed by atoms with Crippen LogP contribution in [0.1, 0.15) is 0 Å². The summed E-state index contributed by atoms with van der Waals surface area (Å²) in [5, 5.41) is 7.55. The number of carbonyl (C=O) groups is 1. The number of halogens is 1. The lowest BCUT2D eigenvalue weighted by atomic mass is 10.3. The van der Waals surface area contributed by atoms with Gasteiger partial charge in [-0.2, -0.15) is 5.10 Å². The average molecular weight is 328 g/mol. The van der Waals surface area contributed by atoms with Crippen LogP contribution in [0.2, 0.25) is 5.02 Å². The Morgan fingerprint density at radius 1 is 1.13 bits per heavy atom. The normalized spacial score (nSPS) is 10.3. The van der Waals surface area contributed by atoms with Crippen molar-refractivity contribution in [1.82, 2.24) is 9.78 Å². The highest BCUT2D eigenvalue weighted by Gasteiger charge is 2.04. The zero-order valence-electron chi connectivity index (χ0n) is 12.1. The van der Waals surface area contributed by atoms with Crippen LogP contribution >= 0.6 is 11.6 Å². The van der Waals surface area contributed by atoms with E-state index in [0.717, 1.165) is 5.69 Å². The summed E-state index contributed by atoms with van der Waals surface area (Å²) in [5.41, 5.74) is 1.62. The predicted molar refractivity (Wildman–Crippen MR) is 89.1 cm³/mol. The molecule has 1 heterocycles. The molecule has 0 bridgehead atoms. The number of aromatic nitrogens is 2. The maximum Gasteiger partial charge on any atom is 0.262 e. The smallest absolute Gasteiger partial charge is 0.262 e. The minimum absolute atomic E-state index is 0.0669. The molecule has 0 spiro atoms. The van der Waals surface area contributed by atoms with Crippen molar-refractivity contribution in [2.45, 2.75) is 0 Å². The first kappa shape index (κ1) is 15.1. The summed E-state index contributed by atoms with van der Waals surface area (Å²) in [6, 6.07) is 16.1. The van der Waals surface area contributed by atoms with Gasteiger partial charge in [-0.05, 0) is 54.6 Å². The van der Waals surface area contributed by atoms with Gasteiger partial charge in [-0.3, -0.25) is 4.79 Å². The highest BCUT2D eigenvalue weighted by Crippen LogP contribution is 2.16. The molecule has 1 N–H and O–H groups in total. The fourth-order valence-corrected chi connectivity index (χ4v) is 2.12. The van der Waals surface area contributed by atoms with Gasteiger partial charge >= 0.3 is 0 Å². The minimum atomic E-state index is -0.230. The van der Waals surface area contributed by atoms with Crippen molar-refractivity contribution in [3.05, 3.63) is 72.0 Å². The summed E-state index contributed by atoms with van der Waals surface area (Å²) in [6.45, 7) is -0.0669. The van der Waals surface area contributed by atoms with E-state index in [1.165, 1.54) is 0 Å². The summed E-state index contributed by atoms with van der Waals surface area (Å²) in [5.74, 6) is 0.366. The number of nitrogens with one attached hydrogen (secondary N) is 1. The van der Waals surface area contributed by atoms with E-state index in [4.69, 9.17) is 16.3 Å². The van der Waals surface area contributed by atoms with Crippen LogP contribution in [0, 0.1) is 0 Å². The molecule has 1 aromatic heterocycles. The summed E-state index contributed by atoms with van der Waals surface area (Å²) >= 11 is 5.79. The first-order valence-electron chi connectivity index (χ1n) is 6.99. The number of hydrogen-bond donors (Lipinski definition) is 1. The van der Waals surface area contributed by atoms with Crippen LogP contribution in [0.5, 0.6) is 5.75 Å². The molecule has 0 aliphatic carbocycles. The van der Waals surface area contributed by atoms with Crippen molar-refractivity contribution < 1.29 is 9.53 Å². The van der Waals surface area contributed by atoms with Gasteiger partial charge in [0.2, 0.25) is 0 Å². The lowest BCUT2D eigenvalue weighted by Crippen LogP contribution is -2.20. The fraction of sp³-hybridized carbons (Fsp3) is 0.0588. The van der Waals surface area contributed by atoms with Gasteiger partial charge in [0.05, 0.1) is 5.69 Å². The first-order chi connectivity index (χ1) is 11.2. The maximum atomic E-state index is 11.9. The van der Waals surface area contributed by atoms with Gasteiger partial charge in [0.25, 0.3) is 5.91 Å². The lowest BCUT2D eigenvalue weighted by molar-refractivity contribution is -0.118. The molecule has 116 valence electrons. The molecule has 6 heteroatoms. The Labute approximate surface area is 138 Å². The van der Waals surface area contributed by atoms with Gasteiger partial charge in [0, 0.05) is 23.1 Å². The molecule has 0 unspecified atom stereocenters. The Bertz CT molecular complexity index is 769. The van der Waals surface area contributed by atoms with Crippen molar-refractivity contribution >= 4 is 23.2 Å². The molecule has 0 saturated carbocycles. The Kier molecular flexibility index (Phi) is 4.59. The Morgan fingerprint density at radius 2 is 1.87 bits per heavy atom. The predicted octanol–water partition coefficient (Wildman–Crippen LogP) is 3.54. The third-order valence-corrected chi connectivity index (χ3v) is 3.36. The molecule has 0 fully saturated rings. The van der Waals surface area contributed by atoms with Crippen molar-refractivity contribution in [3.63, 3.8) is 0 Å². The molecule has 0 radical (unpaired) electrons. The van der Waals surface area contributed by atoms with Crippen LogP contribution < -0.4 is 10.1 Å². The van der Waals surface area contributed by atoms with Gasteiger partial charge in [0.15, 0.2) is 6.61 Å². The van der Waals surface area contributed by atoms with Crippen LogP contribution in [0.4, 0.5) is 5.69 Å². The molecule has 3 aromatic rings. The molecular weight excluding hydrogens is 314 g/mol. The SMILES string of the molecule is O=C(COc1ccc(Cl)cc1)Nc1ccc(-n2cccn2)cc1. The van der Waals surface area contributed by atoms with Crippen molar-refractivity contribution in [2.75, 3.05) is 11.9 Å². The molecule has 0 aliphatic heterocycles. The summed E-state index contributed by atoms with van der Waals surface area (Å²) in [7, 11) is 0. The van der Waals surface area contributed by atoms with E-state index in [-0.39, 0.29) is 12.5 Å². The Morgan fingerprint density at radius 3 is 2.52 bits per heavy atom. The third kappa shape index (κ3) is 4.11. The highest BCUT2D eigenvalue weighted by molar-refractivity contribution is 6.30. The van der Waals surface area contributed by atoms with Gasteiger partial charge in [-0.1, -0.05) is 11.6 Å². The van der Waals surface area contributed by atoms with E-state index in [0.29, 0.717) is 16.5 Å². The zero-order valence-corrected chi connectivity index (χ0v) is 12.9. The molecule has 3 rings (SSSR count). The van der Waals surface area contributed by atoms with Crippen molar-refractivity contribution in [3.8, 4) is 11.4 Å². The van der Waals surface area contributed by atoms with Gasteiger partial charge < -0.3 is 10.1 Å². The van der Waals surface area contributed by atoms with Crippen LogP contribution in [0.25, 0.3) is 5.69 Å². The Hall–Kier alpha value is -2.79. The van der Waals surface area contributed by atoms with E-state index in [1.807, 2.05) is 36.5 Å². The lowest BCUT2D eigenvalue weighted by Gasteiger charge is -2.08. The largest absolute Gasteiger partial charge is 0.484 e. The monoisotopic (exact) mass is 327 g/mol. The van der Waals surface area contributed by atoms with Gasteiger partial charge in [-0.25, -0.2) is 4.68 Å². The standard InChI is InChI=1S/C17H14ClN3O2/c18-13-2-8-16(9-3-13)23-12-17(22)20-14-4-6-15(7-5-14)21-11-1-10-19-21/h1-11H,12H2,(H,20,22). The number of carbonyl (C=O) groups excluding carboxylic acids is 1. The molecule has 5 nitrogen and oxygen atoms in total.